The van der Waals surface area contributed by atoms with Crippen LogP contribution in [0.3, 0.4) is 0 Å². The lowest BCUT2D eigenvalue weighted by atomic mass is 10.1. The zero-order valence-corrected chi connectivity index (χ0v) is 15.9. The monoisotopic (exact) mass is 391 g/mol. The Morgan fingerprint density at radius 1 is 1.21 bits per heavy atom. The molecule has 152 valence electrons. The highest BCUT2D eigenvalue weighted by Gasteiger charge is 2.39. The Hall–Kier alpha value is -2.94. The maximum Gasteiger partial charge on any atom is 0.365 e. The van der Waals surface area contributed by atoms with E-state index < -0.39 is 30.1 Å². The van der Waals surface area contributed by atoms with Crippen LogP contribution in [0.25, 0.3) is 0 Å². The summed E-state index contributed by atoms with van der Waals surface area (Å²) in [4.78, 5) is 53.2. The number of benzene rings is 1. The zero-order valence-electron chi connectivity index (χ0n) is 15.9. The number of carbonyl (C=O) groups is 4. The van der Waals surface area contributed by atoms with E-state index in [1.54, 1.807) is 0 Å². The van der Waals surface area contributed by atoms with Gasteiger partial charge in [-0.3, -0.25) is 14.5 Å². The second-order valence-electron chi connectivity index (χ2n) is 6.85. The van der Waals surface area contributed by atoms with Crippen LogP contribution in [0.15, 0.2) is 30.3 Å². The van der Waals surface area contributed by atoms with Crippen molar-refractivity contribution in [1.29, 1.82) is 0 Å². The van der Waals surface area contributed by atoms with Crippen molar-refractivity contribution in [1.82, 2.24) is 10.2 Å². The van der Waals surface area contributed by atoms with Crippen molar-refractivity contribution in [2.24, 2.45) is 11.8 Å². The molecule has 9 nitrogen and oxygen atoms in total. The topological polar surface area (TPSA) is 128 Å². The van der Waals surface area contributed by atoms with Crippen LogP contribution in [-0.2, 0) is 30.4 Å². The largest absolute Gasteiger partial charge is 0.450 e. The van der Waals surface area contributed by atoms with Crippen molar-refractivity contribution in [2.75, 3.05) is 6.54 Å². The molecule has 0 radical (unpaired) electrons. The number of amides is 3. The van der Waals surface area contributed by atoms with E-state index in [2.05, 4.69) is 10.2 Å². The van der Waals surface area contributed by atoms with Gasteiger partial charge in [-0.25, -0.2) is 9.59 Å². The first-order chi connectivity index (χ1) is 13.3. The highest BCUT2D eigenvalue weighted by Crippen LogP contribution is 2.15. The van der Waals surface area contributed by atoms with Crippen molar-refractivity contribution < 1.29 is 28.8 Å². The fourth-order valence-electron chi connectivity index (χ4n) is 2.87. The molecule has 2 atom stereocenters. The summed E-state index contributed by atoms with van der Waals surface area (Å²) in [7, 11) is 0. The number of imide groups is 1. The molecule has 9 heteroatoms. The Bertz CT molecular complexity index is 722. The standard InChI is InChI=1S/C19H25N3O6/c1-12(2)16-17(24)22(19(26)21-16)11-10-15(23)27-14(18(25)28-20)9-8-13-6-4-3-5-7-13/h3-7,12,14,16H,8-11,20H2,1-2H3,(H,21,26). The molecule has 1 aliphatic rings. The van der Waals surface area contributed by atoms with Gasteiger partial charge in [0.05, 0.1) is 6.42 Å². The molecule has 1 saturated heterocycles. The number of hydrogen-bond donors (Lipinski definition) is 2. The van der Waals surface area contributed by atoms with E-state index in [-0.39, 0.29) is 31.2 Å². The van der Waals surface area contributed by atoms with E-state index in [4.69, 9.17) is 10.6 Å². The summed E-state index contributed by atoms with van der Waals surface area (Å²) in [6, 6.07) is 8.22. The zero-order chi connectivity index (χ0) is 20.7. The van der Waals surface area contributed by atoms with Gasteiger partial charge in [-0.15, -0.1) is 0 Å². The normalized spacial score (nSPS) is 17.4. The molecular weight excluding hydrogens is 366 g/mol. The van der Waals surface area contributed by atoms with Gasteiger partial charge >= 0.3 is 18.0 Å². The number of rotatable bonds is 9. The molecule has 2 unspecified atom stereocenters. The molecule has 1 aromatic carbocycles. The number of ether oxygens (including phenoxy) is 1. The molecule has 0 bridgehead atoms. The predicted molar refractivity (Wildman–Crippen MR) is 98.4 cm³/mol. The first-order valence-electron chi connectivity index (χ1n) is 9.09. The number of urea groups is 1. The smallest absolute Gasteiger partial charge is 0.365 e. The average molecular weight is 391 g/mol. The maximum absolute atomic E-state index is 12.2. The minimum atomic E-state index is -1.16. The number of carbonyl (C=O) groups excluding carboxylic acids is 4. The van der Waals surface area contributed by atoms with Crippen molar-refractivity contribution in [3.05, 3.63) is 35.9 Å². The minimum Gasteiger partial charge on any atom is -0.450 e. The van der Waals surface area contributed by atoms with Crippen LogP contribution in [0, 0.1) is 5.92 Å². The maximum atomic E-state index is 12.2. The third-order valence-electron chi connectivity index (χ3n) is 4.45. The fraction of sp³-hybridized carbons (Fsp3) is 0.474. The van der Waals surface area contributed by atoms with Gasteiger partial charge in [-0.05, 0) is 24.3 Å². The third-order valence-corrected chi connectivity index (χ3v) is 4.45. The molecule has 1 fully saturated rings. The molecule has 3 amide bonds. The molecule has 1 heterocycles. The molecule has 3 N–H and O–H groups in total. The van der Waals surface area contributed by atoms with Gasteiger partial charge in [0.15, 0.2) is 0 Å². The first-order valence-corrected chi connectivity index (χ1v) is 9.09. The number of nitrogens with one attached hydrogen (secondary N) is 1. The Morgan fingerprint density at radius 3 is 2.46 bits per heavy atom. The Morgan fingerprint density at radius 2 is 1.89 bits per heavy atom. The van der Waals surface area contributed by atoms with Gasteiger partial charge in [0.25, 0.3) is 5.91 Å². The summed E-state index contributed by atoms with van der Waals surface area (Å²) < 4.78 is 5.17. The second kappa shape index (κ2) is 9.84. The Labute approximate surface area is 163 Å². The number of nitrogens with two attached hydrogens (primary N) is 1. The van der Waals surface area contributed by atoms with Crippen LogP contribution < -0.4 is 11.2 Å². The van der Waals surface area contributed by atoms with Gasteiger partial charge in [0.1, 0.15) is 6.04 Å². The lowest BCUT2D eigenvalue weighted by Gasteiger charge is -2.17. The Kier molecular flexibility index (Phi) is 7.51. The van der Waals surface area contributed by atoms with Crippen molar-refractivity contribution in [3.63, 3.8) is 0 Å². The van der Waals surface area contributed by atoms with Crippen molar-refractivity contribution in [2.45, 2.75) is 45.3 Å². The molecule has 0 aliphatic carbocycles. The van der Waals surface area contributed by atoms with Gasteiger partial charge in [-0.2, -0.15) is 5.90 Å². The highest BCUT2D eigenvalue weighted by atomic mass is 16.7. The molecule has 0 saturated carbocycles. The van der Waals surface area contributed by atoms with E-state index in [1.807, 2.05) is 44.2 Å². The van der Waals surface area contributed by atoms with Crippen LogP contribution in [-0.4, -0.2) is 47.5 Å². The van der Waals surface area contributed by atoms with Gasteiger partial charge in [0.2, 0.25) is 6.10 Å². The number of aryl methyl sites for hydroxylation is 1. The average Bonchev–Trinajstić information content (AvgIpc) is 2.97. The van der Waals surface area contributed by atoms with Crippen LogP contribution in [0.4, 0.5) is 4.79 Å². The predicted octanol–water partition coefficient (Wildman–Crippen LogP) is 0.914. The van der Waals surface area contributed by atoms with Crippen LogP contribution in [0.2, 0.25) is 0 Å². The quantitative estimate of drug-likeness (QED) is 0.364. The van der Waals surface area contributed by atoms with Crippen LogP contribution in [0.5, 0.6) is 0 Å². The summed E-state index contributed by atoms with van der Waals surface area (Å²) in [5, 5.41) is 2.58. The molecule has 2 rings (SSSR count). The van der Waals surface area contributed by atoms with Crippen molar-refractivity contribution >= 4 is 23.9 Å². The summed E-state index contributed by atoms with van der Waals surface area (Å²) in [5.74, 6) is 2.90. The van der Waals surface area contributed by atoms with E-state index >= 15 is 0 Å². The number of nitrogens with zero attached hydrogens (tertiary/aromatic N) is 1. The van der Waals surface area contributed by atoms with Gasteiger partial charge < -0.3 is 14.9 Å². The van der Waals surface area contributed by atoms with E-state index in [0.29, 0.717) is 6.42 Å². The van der Waals surface area contributed by atoms with Gasteiger partial charge in [-0.1, -0.05) is 44.2 Å². The lowest BCUT2D eigenvalue weighted by molar-refractivity contribution is -0.168. The second-order valence-corrected chi connectivity index (χ2v) is 6.85. The molecule has 1 aliphatic heterocycles. The highest BCUT2D eigenvalue weighted by molar-refractivity contribution is 6.04. The van der Waals surface area contributed by atoms with E-state index in [0.717, 1.165) is 10.5 Å². The first kappa shape index (κ1) is 21.4. The van der Waals surface area contributed by atoms with Gasteiger partial charge in [0, 0.05) is 6.54 Å². The van der Waals surface area contributed by atoms with E-state index in [1.165, 1.54) is 0 Å². The Balaban J connectivity index is 1.88. The summed E-state index contributed by atoms with van der Waals surface area (Å²) in [5.41, 5.74) is 0.965. The fourth-order valence-corrected chi connectivity index (χ4v) is 2.87. The summed E-state index contributed by atoms with van der Waals surface area (Å²) in [6.45, 7) is 3.50. The molecule has 0 spiro atoms. The van der Waals surface area contributed by atoms with Crippen LogP contribution >= 0.6 is 0 Å². The lowest BCUT2D eigenvalue weighted by Crippen LogP contribution is -2.36. The third kappa shape index (κ3) is 5.53. The summed E-state index contributed by atoms with van der Waals surface area (Å²) >= 11 is 0. The molecule has 0 aromatic heterocycles. The SMILES string of the molecule is CC(C)C1NC(=O)N(CCC(=O)OC(CCc2ccccc2)C(=O)ON)C1=O. The van der Waals surface area contributed by atoms with Crippen LogP contribution in [0.1, 0.15) is 32.3 Å². The molecule has 1 aromatic rings. The minimum absolute atomic E-state index is 0.0601. The number of esters is 1. The number of hydrogen-bond acceptors (Lipinski definition) is 7. The van der Waals surface area contributed by atoms with E-state index in [9.17, 15) is 19.2 Å². The molecular formula is C19H25N3O6. The van der Waals surface area contributed by atoms with Crippen molar-refractivity contribution in [3.8, 4) is 0 Å². The molecule has 28 heavy (non-hydrogen) atoms. The summed E-state index contributed by atoms with van der Waals surface area (Å²) in [6.07, 6.45) is -0.713.